The van der Waals surface area contributed by atoms with E-state index in [2.05, 4.69) is 0 Å². The van der Waals surface area contributed by atoms with Crippen LogP contribution in [0, 0.1) is 0 Å². The van der Waals surface area contributed by atoms with Crippen LogP contribution in [0.1, 0.15) is 22.3 Å². The van der Waals surface area contributed by atoms with Crippen molar-refractivity contribution in [2.45, 2.75) is 54.7 Å². The number of aliphatic hydroxyl groups is 4. The van der Waals surface area contributed by atoms with Crippen LogP contribution in [0.15, 0.2) is 121 Å². The Morgan fingerprint density at radius 1 is 0.600 bits per heavy atom. The van der Waals surface area contributed by atoms with Crippen molar-refractivity contribution >= 4 is 5.97 Å². The molecule has 40 heavy (non-hydrogen) atoms. The number of ether oxygens (including phenoxy) is 1. The largest absolute Gasteiger partial charge is 0.454 e. The quantitative estimate of drug-likeness (QED) is 0.243. The molecule has 1 heterocycles. The number of esters is 1. The van der Waals surface area contributed by atoms with Crippen LogP contribution in [0.5, 0.6) is 0 Å². The first-order valence-electron chi connectivity index (χ1n) is 13.5. The summed E-state index contributed by atoms with van der Waals surface area (Å²) in [4.78, 5) is 13.8. The summed E-state index contributed by atoms with van der Waals surface area (Å²) in [5.74, 6) is -1.09. The molecule has 1 aliphatic heterocycles. The number of hydrogen-bond acceptors (Lipinski definition) is 6. The van der Waals surface area contributed by atoms with Gasteiger partial charge in [0.25, 0.3) is 0 Å². The zero-order valence-electron chi connectivity index (χ0n) is 22.1. The highest BCUT2D eigenvalue weighted by Crippen LogP contribution is 2.48. The first kappa shape index (κ1) is 27.7. The molecule has 5 rings (SSSR count). The molecule has 0 aromatic heterocycles. The fraction of sp³-hybridized carbons (Fsp3) is 0.265. The summed E-state index contributed by atoms with van der Waals surface area (Å²) in [7, 11) is 0. The van der Waals surface area contributed by atoms with Crippen LogP contribution < -0.4 is 0 Å². The number of carbonyl (C=O) groups is 1. The lowest BCUT2D eigenvalue weighted by Crippen LogP contribution is -2.82. The Balaban J connectivity index is 1.66. The first-order chi connectivity index (χ1) is 19.2. The van der Waals surface area contributed by atoms with E-state index in [1.165, 1.54) is 0 Å². The van der Waals surface area contributed by atoms with Gasteiger partial charge in [0.05, 0.1) is 6.10 Å². The molecule has 206 valence electrons. The lowest BCUT2D eigenvalue weighted by atomic mass is 9.59. The van der Waals surface area contributed by atoms with E-state index in [-0.39, 0.29) is 25.7 Å². The molecule has 1 aliphatic rings. The van der Waals surface area contributed by atoms with Crippen molar-refractivity contribution < 1.29 is 30.0 Å². The summed E-state index contributed by atoms with van der Waals surface area (Å²) < 4.78 is 5.78. The van der Waals surface area contributed by atoms with E-state index in [1.54, 1.807) is 72.8 Å². The van der Waals surface area contributed by atoms with Gasteiger partial charge in [0, 0.05) is 25.7 Å². The minimum absolute atomic E-state index is 0.0639. The molecule has 4 aromatic carbocycles. The highest BCUT2D eigenvalue weighted by atomic mass is 16.6. The van der Waals surface area contributed by atoms with Gasteiger partial charge >= 0.3 is 5.97 Å². The van der Waals surface area contributed by atoms with Crippen molar-refractivity contribution in [2.75, 3.05) is 0 Å². The number of aliphatic hydroxyl groups excluding tert-OH is 1. The zero-order chi connectivity index (χ0) is 28.2. The highest BCUT2D eigenvalue weighted by molar-refractivity contribution is 5.84. The van der Waals surface area contributed by atoms with E-state index < -0.39 is 35.0 Å². The van der Waals surface area contributed by atoms with E-state index in [1.807, 2.05) is 48.5 Å². The van der Waals surface area contributed by atoms with Crippen LogP contribution >= 0.6 is 0 Å². The maximum atomic E-state index is 13.8. The third-order valence-corrected chi connectivity index (χ3v) is 8.00. The summed E-state index contributed by atoms with van der Waals surface area (Å²) in [6.45, 7) is 0. The molecule has 0 radical (unpaired) electrons. The van der Waals surface area contributed by atoms with Crippen molar-refractivity contribution in [3.8, 4) is 0 Å². The molecule has 0 amide bonds. The average Bonchev–Trinajstić information content (AvgIpc) is 2.97. The number of cyclic esters (lactones) is 1. The molecule has 4 aromatic rings. The Labute approximate surface area is 234 Å². The fourth-order valence-electron chi connectivity index (χ4n) is 5.89. The lowest BCUT2D eigenvalue weighted by molar-refractivity contribution is -0.317. The number of hydrogen-bond donors (Lipinski definition) is 4. The lowest BCUT2D eigenvalue weighted by Gasteiger charge is -2.58. The van der Waals surface area contributed by atoms with Gasteiger partial charge in [-0.1, -0.05) is 121 Å². The monoisotopic (exact) mass is 538 g/mol. The summed E-state index contributed by atoms with van der Waals surface area (Å²) in [6.07, 6.45) is -3.58. The van der Waals surface area contributed by atoms with Gasteiger partial charge in [0.15, 0.2) is 11.7 Å². The third kappa shape index (κ3) is 5.19. The Morgan fingerprint density at radius 3 is 1.48 bits per heavy atom. The number of rotatable bonds is 9. The molecule has 1 unspecified atom stereocenters. The molecular weight excluding hydrogens is 504 g/mol. The SMILES string of the molecule is O=C1O[C@H](C(O)Cc2ccccc2)[C@](O)(Cc2ccccc2)[C@@](O)(Cc2ccccc2)[C@]1(O)Cc1ccccc1. The Kier molecular flexibility index (Phi) is 7.88. The highest BCUT2D eigenvalue weighted by Gasteiger charge is 2.73. The van der Waals surface area contributed by atoms with Gasteiger partial charge < -0.3 is 25.2 Å². The van der Waals surface area contributed by atoms with Gasteiger partial charge in [0.1, 0.15) is 11.2 Å². The van der Waals surface area contributed by atoms with Crippen LogP contribution in [0.4, 0.5) is 0 Å². The molecule has 6 heteroatoms. The van der Waals surface area contributed by atoms with Crippen LogP contribution in [-0.4, -0.2) is 55.4 Å². The van der Waals surface area contributed by atoms with E-state index in [9.17, 15) is 25.2 Å². The molecule has 5 atom stereocenters. The van der Waals surface area contributed by atoms with Crippen LogP contribution in [-0.2, 0) is 35.2 Å². The van der Waals surface area contributed by atoms with Gasteiger partial charge in [-0.05, 0) is 22.3 Å². The smallest absolute Gasteiger partial charge is 0.342 e. The zero-order valence-corrected chi connectivity index (χ0v) is 22.1. The molecule has 0 bridgehead atoms. The maximum Gasteiger partial charge on any atom is 0.342 e. The average molecular weight is 539 g/mol. The normalized spacial score (nSPS) is 27.1. The Hall–Kier alpha value is -3.81. The molecule has 6 nitrogen and oxygen atoms in total. The number of carbonyl (C=O) groups excluding carboxylic acids is 1. The second-order valence-corrected chi connectivity index (χ2v) is 10.7. The van der Waals surface area contributed by atoms with Crippen molar-refractivity contribution in [3.63, 3.8) is 0 Å². The molecule has 1 fully saturated rings. The maximum absolute atomic E-state index is 13.8. The van der Waals surface area contributed by atoms with Gasteiger partial charge in [-0.3, -0.25) is 0 Å². The molecule has 1 saturated heterocycles. The topological polar surface area (TPSA) is 107 Å². The van der Waals surface area contributed by atoms with Crippen molar-refractivity contribution in [2.24, 2.45) is 0 Å². The summed E-state index contributed by atoms with van der Waals surface area (Å²) in [5.41, 5.74) is -4.66. The Bertz CT molecular complexity index is 1400. The Morgan fingerprint density at radius 2 is 1.00 bits per heavy atom. The van der Waals surface area contributed by atoms with Gasteiger partial charge in [-0.25, -0.2) is 4.79 Å². The van der Waals surface area contributed by atoms with Crippen molar-refractivity contribution in [3.05, 3.63) is 144 Å². The first-order valence-corrected chi connectivity index (χ1v) is 13.5. The molecule has 0 spiro atoms. The van der Waals surface area contributed by atoms with Crippen molar-refractivity contribution in [1.82, 2.24) is 0 Å². The van der Waals surface area contributed by atoms with Crippen LogP contribution in [0.3, 0.4) is 0 Å². The van der Waals surface area contributed by atoms with Crippen LogP contribution in [0.25, 0.3) is 0 Å². The predicted molar refractivity (Wildman–Crippen MR) is 151 cm³/mol. The van der Waals surface area contributed by atoms with E-state index >= 15 is 0 Å². The standard InChI is InChI=1S/C34H34O6/c35-29(21-25-13-5-1-6-14-25)30-32(37,22-26-15-7-2-8-16-26)34(39,24-28-19-11-4-12-20-28)33(38,31(36)40-30)23-27-17-9-3-10-18-27/h1-20,29-30,35,37-39H,21-24H2/t29?,30-,32-,33+,34+/m1/s1. The van der Waals surface area contributed by atoms with Gasteiger partial charge in [0.2, 0.25) is 0 Å². The van der Waals surface area contributed by atoms with E-state index in [0.29, 0.717) is 16.7 Å². The minimum Gasteiger partial charge on any atom is -0.454 e. The molecular formula is C34H34O6. The van der Waals surface area contributed by atoms with Crippen molar-refractivity contribution in [1.29, 1.82) is 0 Å². The number of benzene rings is 4. The van der Waals surface area contributed by atoms with E-state index in [0.717, 1.165) is 5.56 Å². The molecule has 4 N–H and O–H groups in total. The van der Waals surface area contributed by atoms with E-state index in [4.69, 9.17) is 4.74 Å². The second-order valence-electron chi connectivity index (χ2n) is 10.7. The minimum atomic E-state index is -2.53. The summed E-state index contributed by atoms with van der Waals surface area (Å²) in [5, 5.41) is 49.1. The molecule has 0 aliphatic carbocycles. The molecule has 0 saturated carbocycles. The second kappa shape index (κ2) is 11.4. The summed E-state index contributed by atoms with van der Waals surface area (Å²) in [6, 6.07) is 35.9. The van der Waals surface area contributed by atoms with Gasteiger partial charge in [-0.15, -0.1) is 0 Å². The van der Waals surface area contributed by atoms with Crippen LogP contribution in [0.2, 0.25) is 0 Å². The predicted octanol–water partition coefficient (Wildman–Crippen LogP) is 3.44. The van der Waals surface area contributed by atoms with Gasteiger partial charge in [-0.2, -0.15) is 0 Å². The third-order valence-electron chi connectivity index (χ3n) is 8.00. The summed E-state index contributed by atoms with van der Waals surface area (Å²) >= 11 is 0. The fourth-order valence-corrected chi connectivity index (χ4v) is 5.89.